The fraction of sp³-hybridized carbons (Fsp3) is 0.857. The highest BCUT2D eigenvalue weighted by Gasteiger charge is 2.29. The van der Waals surface area contributed by atoms with Gasteiger partial charge in [-0.2, -0.15) is 0 Å². The van der Waals surface area contributed by atoms with E-state index in [4.69, 9.17) is 5.73 Å². The van der Waals surface area contributed by atoms with Crippen LogP contribution >= 0.6 is 0 Å². The summed E-state index contributed by atoms with van der Waals surface area (Å²) in [6.07, 6.45) is 3.12. The molecule has 6 nitrogen and oxygen atoms in total. The molecule has 0 aromatic carbocycles. The Hall–Kier alpha value is -1.14. The maximum Gasteiger partial charge on any atom is 0.242 e. The van der Waals surface area contributed by atoms with Crippen LogP contribution in [0, 0.1) is 5.92 Å². The molecule has 0 aliphatic carbocycles. The Morgan fingerprint density at radius 2 is 2.05 bits per heavy atom. The van der Waals surface area contributed by atoms with Gasteiger partial charge in [0.2, 0.25) is 11.8 Å². The minimum absolute atomic E-state index is 0.0302. The zero-order chi connectivity index (χ0) is 14.5. The molecule has 2 heterocycles. The first kappa shape index (κ1) is 15.3. The second-order valence-corrected chi connectivity index (χ2v) is 5.84. The minimum Gasteiger partial charge on any atom is -0.341 e. The van der Waals surface area contributed by atoms with E-state index in [0.717, 1.165) is 45.4 Å². The van der Waals surface area contributed by atoms with Gasteiger partial charge in [0.05, 0.1) is 12.6 Å². The summed E-state index contributed by atoms with van der Waals surface area (Å²) in [6, 6.07) is -0.174. The Morgan fingerprint density at radius 3 is 2.70 bits per heavy atom. The average molecular weight is 282 g/mol. The molecule has 0 aromatic rings. The van der Waals surface area contributed by atoms with Crippen LogP contribution in [0.15, 0.2) is 0 Å². The number of nitrogens with two attached hydrogens (primary N) is 1. The summed E-state index contributed by atoms with van der Waals surface area (Å²) >= 11 is 0. The van der Waals surface area contributed by atoms with Gasteiger partial charge in [0.15, 0.2) is 0 Å². The quantitative estimate of drug-likeness (QED) is 0.721. The van der Waals surface area contributed by atoms with Crippen LogP contribution in [0.1, 0.15) is 26.2 Å². The van der Waals surface area contributed by atoms with Gasteiger partial charge in [-0.15, -0.1) is 0 Å². The summed E-state index contributed by atoms with van der Waals surface area (Å²) in [5, 5.41) is 3.11. The lowest BCUT2D eigenvalue weighted by Crippen LogP contribution is -2.56. The third-order valence-corrected chi connectivity index (χ3v) is 4.38. The van der Waals surface area contributed by atoms with Gasteiger partial charge < -0.3 is 20.9 Å². The van der Waals surface area contributed by atoms with Crippen LogP contribution in [-0.4, -0.2) is 66.9 Å². The number of amides is 2. The Bertz CT molecular complexity index is 353. The number of rotatable bonds is 4. The lowest BCUT2D eigenvalue weighted by molar-refractivity contribution is -0.143. The van der Waals surface area contributed by atoms with Gasteiger partial charge in [0, 0.05) is 26.2 Å². The number of piperidine rings is 1. The molecule has 2 amide bonds. The molecule has 0 spiro atoms. The monoisotopic (exact) mass is 282 g/mol. The van der Waals surface area contributed by atoms with E-state index in [2.05, 4.69) is 5.32 Å². The zero-order valence-corrected chi connectivity index (χ0v) is 12.3. The van der Waals surface area contributed by atoms with E-state index in [1.54, 1.807) is 4.90 Å². The molecule has 2 aliphatic heterocycles. The lowest BCUT2D eigenvalue weighted by Gasteiger charge is -2.35. The number of nitrogens with zero attached hydrogens (tertiary/aromatic N) is 2. The topological polar surface area (TPSA) is 78.7 Å². The molecule has 6 heteroatoms. The molecule has 2 rings (SSSR count). The van der Waals surface area contributed by atoms with Crippen molar-refractivity contribution in [1.29, 1.82) is 0 Å². The fourth-order valence-corrected chi connectivity index (χ4v) is 3.01. The van der Waals surface area contributed by atoms with Crippen LogP contribution in [0.5, 0.6) is 0 Å². The molecule has 2 fully saturated rings. The van der Waals surface area contributed by atoms with Crippen LogP contribution in [0.25, 0.3) is 0 Å². The number of carbonyl (C=O) groups excluding carboxylic acids is 2. The summed E-state index contributed by atoms with van der Waals surface area (Å²) in [6.45, 7) is 5.80. The highest BCUT2D eigenvalue weighted by Crippen LogP contribution is 2.20. The van der Waals surface area contributed by atoms with Crippen molar-refractivity contribution in [2.75, 3.05) is 39.3 Å². The van der Waals surface area contributed by atoms with Crippen molar-refractivity contribution < 1.29 is 9.59 Å². The van der Waals surface area contributed by atoms with Gasteiger partial charge in [0.1, 0.15) is 0 Å². The summed E-state index contributed by atoms with van der Waals surface area (Å²) in [5.41, 5.74) is 5.58. The molecule has 20 heavy (non-hydrogen) atoms. The predicted octanol–water partition coefficient (Wildman–Crippen LogP) is -0.606. The summed E-state index contributed by atoms with van der Waals surface area (Å²) in [5.74, 6) is 0.770. The minimum atomic E-state index is -0.174. The SMILES string of the molecule is CC1NCCN(CC(=O)N2CCC(CCN)CC2)C1=O. The first-order chi connectivity index (χ1) is 9.61. The van der Waals surface area contributed by atoms with Crippen LogP contribution < -0.4 is 11.1 Å². The van der Waals surface area contributed by atoms with E-state index in [-0.39, 0.29) is 24.4 Å². The Morgan fingerprint density at radius 1 is 1.35 bits per heavy atom. The van der Waals surface area contributed by atoms with Crippen LogP contribution in [0.2, 0.25) is 0 Å². The fourth-order valence-electron chi connectivity index (χ4n) is 3.01. The molecule has 1 unspecified atom stereocenters. The Kier molecular flexibility index (Phi) is 5.37. The molecule has 2 aliphatic rings. The Labute approximate surface area is 120 Å². The summed E-state index contributed by atoms with van der Waals surface area (Å²) in [4.78, 5) is 27.8. The molecule has 0 saturated carbocycles. The summed E-state index contributed by atoms with van der Waals surface area (Å²) < 4.78 is 0. The van der Waals surface area contributed by atoms with E-state index in [1.165, 1.54) is 0 Å². The van der Waals surface area contributed by atoms with E-state index >= 15 is 0 Å². The highest BCUT2D eigenvalue weighted by molar-refractivity contribution is 5.87. The maximum absolute atomic E-state index is 12.3. The van der Waals surface area contributed by atoms with E-state index in [1.807, 2.05) is 11.8 Å². The molecular formula is C14H26N4O2. The molecule has 2 saturated heterocycles. The molecule has 1 atom stereocenters. The van der Waals surface area contributed by atoms with Crippen LogP contribution in [-0.2, 0) is 9.59 Å². The van der Waals surface area contributed by atoms with E-state index < -0.39 is 0 Å². The number of nitrogens with one attached hydrogen (secondary N) is 1. The van der Waals surface area contributed by atoms with Gasteiger partial charge in [0.25, 0.3) is 0 Å². The Balaban J connectivity index is 1.79. The second kappa shape index (κ2) is 7.04. The van der Waals surface area contributed by atoms with Crippen molar-refractivity contribution in [3.05, 3.63) is 0 Å². The van der Waals surface area contributed by atoms with Crippen molar-refractivity contribution in [1.82, 2.24) is 15.1 Å². The molecule has 0 aromatic heterocycles. The van der Waals surface area contributed by atoms with E-state index in [9.17, 15) is 9.59 Å². The predicted molar refractivity (Wildman–Crippen MR) is 77.0 cm³/mol. The smallest absolute Gasteiger partial charge is 0.242 e. The van der Waals surface area contributed by atoms with Gasteiger partial charge >= 0.3 is 0 Å². The molecule has 3 N–H and O–H groups in total. The zero-order valence-electron chi connectivity index (χ0n) is 12.3. The van der Waals surface area contributed by atoms with Crippen molar-refractivity contribution in [2.24, 2.45) is 11.7 Å². The highest BCUT2D eigenvalue weighted by atomic mass is 16.2. The van der Waals surface area contributed by atoms with Gasteiger partial charge in [-0.3, -0.25) is 9.59 Å². The molecule has 0 bridgehead atoms. The number of likely N-dealkylation sites (tertiary alicyclic amines) is 1. The average Bonchev–Trinajstić information content (AvgIpc) is 2.45. The van der Waals surface area contributed by atoms with Crippen LogP contribution in [0.4, 0.5) is 0 Å². The van der Waals surface area contributed by atoms with Crippen LogP contribution in [0.3, 0.4) is 0 Å². The third kappa shape index (κ3) is 3.70. The van der Waals surface area contributed by atoms with Crippen molar-refractivity contribution in [3.63, 3.8) is 0 Å². The third-order valence-electron chi connectivity index (χ3n) is 4.38. The van der Waals surface area contributed by atoms with Crippen molar-refractivity contribution >= 4 is 11.8 Å². The largest absolute Gasteiger partial charge is 0.341 e. The summed E-state index contributed by atoms with van der Waals surface area (Å²) in [7, 11) is 0. The number of piperazine rings is 1. The number of carbonyl (C=O) groups is 2. The van der Waals surface area contributed by atoms with Gasteiger partial charge in [-0.05, 0) is 38.6 Å². The van der Waals surface area contributed by atoms with Gasteiger partial charge in [-0.25, -0.2) is 0 Å². The normalized spacial score (nSPS) is 25.1. The molecule has 0 radical (unpaired) electrons. The first-order valence-corrected chi connectivity index (χ1v) is 7.62. The number of hydrogen-bond donors (Lipinski definition) is 2. The standard InChI is InChI=1S/C14H26N4O2/c1-11-14(20)18(9-6-16-11)10-13(19)17-7-3-12(2-5-15)4-8-17/h11-12,16H,2-10,15H2,1H3. The maximum atomic E-state index is 12.3. The van der Waals surface area contributed by atoms with Gasteiger partial charge in [-0.1, -0.05) is 0 Å². The van der Waals surface area contributed by atoms with Crippen molar-refractivity contribution in [2.45, 2.75) is 32.2 Å². The number of hydrogen-bond acceptors (Lipinski definition) is 4. The first-order valence-electron chi connectivity index (χ1n) is 7.62. The molecular weight excluding hydrogens is 256 g/mol. The van der Waals surface area contributed by atoms with Crippen molar-refractivity contribution in [3.8, 4) is 0 Å². The lowest BCUT2D eigenvalue weighted by atomic mass is 9.93. The molecule has 114 valence electrons. The van der Waals surface area contributed by atoms with E-state index in [0.29, 0.717) is 12.5 Å². The second-order valence-electron chi connectivity index (χ2n) is 5.84.